The highest BCUT2D eigenvalue weighted by molar-refractivity contribution is 8.00. The van der Waals surface area contributed by atoms with Crippen molar-refractivity contribution in [3.05, 3.63) is 0 Å². The summed E-state index contributed by atoms with van der Waals surface area (Å²) >= 11 is 1.67. The standard InChI is InChI=1S/C10H19NO2S/c1-8(2)14-7-10(13)11(5-6-12)9-3-4-9/h8-9,12H,3-7H2,1-2H3. The molecule has 0 aromatic rings. The number of aliphatic hydroxyl groups excluding tert-OH is 1. The molecule has 4 heteroatoms. The molecule has 1 amide bonds. The third-order valence-corrected chi connectivity index (χ3v) is 3.27. The maximum atomic E-state index is 11.7. The Bertz CT molecular complexity index is 193. The highest BCUT2D eigenvalue weighted by Gasteiger charge is 2.31. The Hall–Kier alpha value is -0.220. The van der Waals surface area contributed by atoms with Gasteiger partial charge in [-0.15, -0.1) is 11.8 Å². The van der Waals surface area contributed by atoms with Crippen LogP contribution in [0.15, 0.2) is 0 Å². The fraction of sp³-hybridized carbons (Fsp3) is 0.900. The SMILES string of the molecule is CC(C)SCC(=O)N(CCO)C1CC1. The van der Waals surface area contributed by atoms with E-state index in [0.29, 0.717) is 23.6 Å². The number of thioether (sulfide) groups is 1. The van der Waals surface area contributed by atoms with E-state index in [1.54, 1.807) is 11.8 Å². The molecular formula is C10H19NO2S. The molecule has 3 nitrogen and oxygen atoms in total. The first-order chi connectivity index (χ1) is 6.65. The first-order valence-electron chi connectivity index (χ1n) is 5.17. The summed E-state index contributed by atoms with van der Waals surface area (Å²) in [7, 11) is 0. The van der Waals surface area contributed by atoms with E-state index >= 15 is 0 Å². The van der Waals surface area contributed by atoms with E-state index in [4.69, 9.17) is 5.11 Å². The van der Waals surface area contributed by atoms with Crippen molar-refractivity contribution in [2.75, 3.05) is 18.9 Å². The van der Waals surface area contributed by atoms with Gasteiger partial charge in [-0.3, -0.25) is 4.79 Å². The van der Waals surface area contributed by atoms with Crippen LogP contribution < -0.4 is 0 Å². The van der Waals surface area contributed by atoms with Gasteiger partial charge in [0, 0.05) is 12.6 Å². The van der Waals surface area contributed by atoms with Crippen LogP contribution >= 0.6 is 11.8 Å². The number of hydrogen-bond donors (Lipinski definition) is 1. The van der Waals surface area contributed by atoms with Gasteiger partial charge in [0.2, 0.25) is 5.91 Å². The molecule has 14 heavy (non-hydrogen) atoms. The number of rotatable bonds is 6. The lowest BCUT2D eigenvalue weighted by Crippen LogP contribution is -2.36. The summed E-state index contributed by atoms with van der Waals surface area (Å²) in [5, 5.41) is 9.33. The van der Waals surface area contributed by atoms with E-state index in [9.17, 15) is 4.79 Å². The van der Waals surface area contributed by atoms with Crippen LogP contribution in [0.2, 0.25) is 0 Å². The van der Waals surface area contributed by atoms with Gasteiger partial charge in [-0.1, -0.05) is 13.8 Å². The van der Waals surface area contributed by atoms with Gasteiger partial charge in [-0.05, 0) is 18.1 Å². The average Bonchev–Trinajstić information content (AvgIpc) is 2.93. The summed E-state index contributed by atoms with van der Waals surface area (Å²) in [5.41, 5.74) is 0. The minimum Gasteiger partial charge on any atom is -0.395 e. The molecule has 1 rings (SSSR count). The van der Waals surface area contributed by atoms with E-state index in [-0.39, 0.29) is 12.5 Å². The summed E-state index contributed by atoms with van der Waals surface area (Å²) < 4.78 is 0. The lowest BCUT2D eigenvalue weighted by Gasteiger charge is -2.21. The molecule has 0 unspecified atom stereocenters. The maximum absolute atomic E-state index is 11.7. The second-order valence-corrected chi connectivity index (χ2v) is 5.47. The molecule has 0 spiro atoms. The molecule has 1 aliphatic rings. The van der Waals surface area contributed by atoms with Crippen molar-refractivity contribution in [2.24, 2.45) is 0 Å². The number of carbonyl (C=O) groups is 1. The normalized spacial score (nSPS) is 16.0. The highest BCUT2D eigenvalue weighted by atomic mass is 32.2. The summed E-state index contributed by atoms with van der Waals surface area (Å²) in [4.78, 5) is 13.5. The van der Waals surface area contributed by atoms with Crippen LogP contribution in [0.25, 0.3) is 0 Å². The predicted molar refractivity (Wildman–Crippen MR) is 59.4 cm³/mol. The molecule has 0 heterocycles. The average molecular weight is 217 g/mol. The van der Waals surface area contributed by atoms with Crippen molar-refractivity contribution in [2.45, 2.75) is 38.0 Å². The lowest BCUT2D eigenvalue weighted by molar-refractivity contribution is -0.129. The fourth-order valence-electron chi connectivity index (χ4n) is 1.33. The zero-order chi connectivity index (χ0) is 10.6. The molecule has 0 radical (unpaired) electrons. The van der Waals surface area contributed by atoms with Crippen molar-refractivity contribution < 1.29 is 9.90 Å². The lowest BCUT2D eigenvalue weighted by atomic mass is 10.4. The third kappa shape index (κ3) is 3.88. The molecule has 0 aromatic heterocycles. The molecule has 82 valence electrons. The number of aliphatic hydroxyl groups is 1. The van der Waals surface area contributed by atoms with Gasteiger partial charge < -0.3 is 10.0 Å². The van der Waals surface area contributed by atoms with Gasteiger partial charge in [0.25, 0.3) is 0 Å². The van der Waals surface area contributed by atoms with Gasteiger partial charge in [0.15, 0.2) is 0 Å². The Morgan fingerprint density at radius 1 is 1.57 bits per heavy atom. The Morgan fingerprint density at radius 3 is 2.64 bits per heavy atom. The molecule has 1 aliphatic carbocycles. The third-order valence-electron chi connectivity index (χ3n) is 2.19. The zero-order valence-corrected chi connectivity index (χ0v) is 9.72. The molecule has 0 atom stereocenters. The molecule has 0 bridgehead atoms. The van der Waals surface area contributed by atoms with Crippen LogP contribution in [0.3, 0.4) is 0 Å². The molecule has 0 aliphatic heterocycles. The number of hydrogen-bond acceptors (Lipinski definition) is 3. The molecule has 1 saturated carbocycles. The van der Waals surface area contributed by atoms with Crippen LogP contribution in [0.4, 0.5) is 0 Å². The smallest absolute Gasteiger partial charge is 0.232 e. The molecule has 0 saturated heterocycles. The van der Waals surface area contributed by atoms with E-state index in [2.05, 4.69) is 13.8 Å². The largest absolute Gasteiger partial charge is 0.395 e. The van der Waals surface area contributed by atoms with Crippen molar-refractivity contribution in [1.29, 1.82) is 0 Å². The van der Waals surface area contributed by atoms with Crippen LogP contribution in [-0.2, 0) is 4.79 Å². The molecular weight excluding hydrogens is 198 g/mol. The van der Waals surface area contributed by atoms with E-state index < -0.39 is 0 Å². The Morgan fingerprint density at radius 2 is 2.21 bits per heavy atom. The fourth-order valence-corrected chi connectivity index (χ4v) is 1.97. The summed E-state index contributed by atoms with van der Waals surface area (Å²) in [6.45, 7) is 4.76. The Labute approximate surface area is 89.9 Å². The Balaban J connectivity index is 2.30. The van der Waals surface area contributed by atoms with E-state index in [1.165, 1.54) is 0 Å². The maximum Gasteiger partial charge on any atom is 0.232 e. The minimum absolute atomic E-state index is 0.0780. The van der Waals surface area contributed by atoms with Gasteiger partial charge in [-0.25, -0.2) is 0 Å². The van der Waals surface area contributed by atoms with Gasteiger partial charge in [0.05, 0.1) is 12.4 Å². The number of amides is 1. The first kappa shape index (κ1) is 11.9. The quantitative estimate of drug-likeness (QED) is 0.724. The van der Waals surface area contributed by atoms with Gasteiger partial charge in [-0.2, -0.15) is 0 Å². The van der Waals surface area contributed by atoms with Crippen LogP contribution in [0.5, 0.6) is 0 Å². The predicted octanol–water partition coefficient (Wildman–Crippen LogP) is 1.11. The van der Waals surface area contributed by atoms with E-state index in [1.807, 2.05) is 4.90 Å². The van der Waals surface area contributed by atoms with Crippen molar-refractivity contribution in [3.8, 4) is 0 Å². The van der Waals surface area contributed by atoms with Crippen LogP contribution in [-0.4, -0.2) is 46.1 Å². The van der Waals surface area contributed by atoms with Crippen LogP contribution in [0, 0.1) is 0 Å². The van der Waals surface area contributed by atoms with Gasteiger partial charge >= 0.3 is 0 Å². The summed E-state index contributed by atoms with van der Waals surface area (Å²) in [5.74, 6) is 0.731. The monoisotopic (exact) mass is 217 g/mol. The summed E-state index contributed by atoms with van der Waals surface area (Å²) in [6, 6.07) is 0.419. The number of nitrogens with zero attached hydrogens (tertiary/aromatic N) is 1. The first-order valence-corrected chi connectivity index (χ1v) is 6.22. The van der Waals surface area contributed by atoms with Crippen LogP contribution in [0.1, 0.15) is 26.7 Å². The topological polar surface area (TPSA) is 40.5 Å². The Kier molecular flexibility index (Phi) is 4.75. The van der Waals surface area contributed by atoms with Crippen molar-refractivity contribution in [1.82, 2.24) is 4.90 Å². The summed E-state index contributed by atoms with van der Waals surface area (Å²) in [6.07, 6.45) is 2.22. The molecule has 1 N–H and O–H groups in total. The van der Waals surface area contributed by atoms with E-state index in [0.717, 1.165) is 12.8 Å². The van der Waals surface area contributed by atoms with Crippen molar-refractivity contribution in [3.63, 3.8) is 0 Å². The van der Waals surface area contributed by atoms with Gasteiger partial charge in [0.1, 0.15) is 0 Å². The second kappa shape index (κ2) is 5.61. The highest BCUT2D eigenvalue weighted by Crippen LogP contribution is 2.27. The zero-order valence-electron chi connectivity index (χ0n) is 8.90. The molecule has 1 fully saturated rings. The second-order valence-electron chi connectivity index (χ2n) is 3.90. The molecule has 0 aromatic carbocycles. The number of carbonyl (C=O) groups excluding carboxylic acids is 1. The van der Waals surface area contributed by atoms with Crippen molar-refractivity contribution >= 4 is 17.7 Å². The minimum atomic E-state index is 0.0780.